The van der Waals surface area contributed by atoms with E-state index in [1.54, 1.807) is 36.4 Å². The molecule has 0 fully saturated rings. The van der Waals surface area contributed by atoms with Crippen molar-refractivity contribution in [1.82, 2.24) is 5.32 Å². The van der Waals surface area contributed by atoms with Crippen molar-refractivity contribution in [2.45, 2.75) is 0 Å². The number of hydrogen-bond donors (Lipinski definition) is 3. The third-order valence-corrected chi connectivity index (χ3v) is 3.63. The summed E-state index contributed by atoms with van der Waals surface area (Å²) < 4.78 is 18.3. The van der Waals surface area contributed by atoms with E-state index in [0.717, 1.165) is 5.56 Å². The van der Waals surface area contributed by atoms with E-state index in [2.05, 4.69) is 11.9 Å². The summed E-state index contributed by atoms with van der Waals surface area (Å²) in [7, 11) is 1.42. The first-order valence-electron chi connectivity index (χ1n) is 7.86. The third kappa shape index (κ3) is 4.36. The second-order valence-electron chi connectivity index (χ2n) is 5.41. The van der Waals surface area contributed by atoms with Crippen LogP contribution in [0.3, 0.4) is 0 Å². The van der Waals surface area contributed by atoms with E-state index < -0.39 is 0 Å². The fraction of sp³-hybridized carbons (Fsp3) is 0.100. The van der Waals surface area contributed by atoms with Crippen LogP contribution in [0.4, 0.5) is 10.1 Å². The number of halogens is 1. The highest BCUT2D eigenvalue weighted by molar-refractivity contribution is 6.15. The fourth-order valence-electron chi connectivity index (χ4n) is 2.36. The average molecular weight is 353 g/mol. The number of ether oxygens (including phenoxy) is 1. The van der Waals surface area contributed by atoms with Crippen LogP contribution >= 0.6 is 0 Å². The van der Waals surface area contributed by atoms with E-state index in [-0.39, 0.29) is 28.7 Å². The molecule has 0 aliphatic rings. The van der Waals surface area contributed by atoms with Gasteiger partial charge in [0.25, 0.3) is 5.91 Å². The predicted octanol–water partition coefficient (Wildman–Crippen LogP) is 3.41. The minimum Gasteiger partial charge on any atom is -0.495 e. The van der Waals surface area contributed by atoms with Gasteiger partial charge in [-0.1, -0.05) is 24.3 Å². The van der Waals surface area contributed by atoms with Gasteiger partial charge in [-0.15, -0.1) is 6.58 Å². The van der Waals surface area contributed by atoms with Crippen LogP contribution in [0.15, 0.2) is 55.1 Å². The minimum atomic E-state index is -0.349. The first-order valence-corrected chi connectivity index (χ1v) is 7.86. The molecule has 0 saturated carbocycles. The number of methoxy groups -OCH3 is 1. The highest BCUT2D eigenvalue weighted by atomic mass is 19.1. The maximum absolute atomic E-state index is 13.0. The van der Waals surface area contributed by atoms with Crippen LogP contribution in [0.5, 0.6) is 5.75 Å². The molecule has 2 aromatic carbocycles. The lowest BCUT2D eigenvalue weighted by Gasteiger charge is -2.15. The molecule has 0 saturated heterocycles. The van der Waals surface area contributed by atoms with Crippen molar-refractivity contribution in [3.8, 4) is 5.75 Å². The van der Waals surface area contributed by atoms with E-state index in [1.807, 2.05) is 0 Å². The van der Waals surface area contributed by atoms with Crippen molar-refractivity contribution in [2.24, 2.45) is 0 Å². The first kappa shape index (κ1) is 18.9. The standard InChI is InChI=1S/C20H20FN3O2/c1-3-12-24-20(25)15-9-11-17(23)18(19(15)26-2)16(22)10-6-13-4-7-14(21)8-5-13/h3-11,22H,1,12,23H2,2H3,(H,24,25)/b10-6+,22-16?. The Morgan fingerprint density at radius 1 is 1.31 bits per heavy atom. The van der Waals surface area contributed by atoms with Crippen LogP contribution < -0.4 is 15.8 Å². The molecule has 0 spiro atoms. The maximum atomic E-state index is 13.0. The second kappa shape index (κ2) is 8.62. The van der Waals surface area contributed by atoms with Crippen LogP contribution in [0.2, 0.25) is 0 Å². The monoisotopic (exact) mass is 353 g/mol. The molecule has 0 aliphatic heterocycles. The maximum Gasteiger partial charge on any atom is 0.255 e. The Bertz CT molecular complexity index is 858. The number of amides is 1. The normalized spacial score (nSPS) is 10.5. The lowest BCUT2D eigenvalue weighted by Crippen LogP contribution is -2.24. The molecule has 0 atom stereocenters. The molecule has 5 nitrogen and oxygen atoms in total. The molecule has 0 unspecified atom stereocenters. The van der Waals surface area contributed by atoms with E-state index in [9.17, 15) is 9.18 Å². The minimum absolute atomic E-state index is 0.0713. The van der Waals surface area contributed by atoms with Crippen LogP contribution in [0, 0.1) is 11.2 Å². The Balaban J connectivity index is 2.37. The number of benzene rings is 2. The molecule has 0 radical (unpaired) electrons. The number of carbonyl (C=O) groups is 1. The SMILES string of the molecule is C=CCNC(=O)c1ccc(N)c(C(=N)/C=C/c2ccc(F)cc2)c1OC. The molecule has 1 amide bonds. The van der Waals surface area contributed by atoms with Gasteiger partial charge in [-0.05, 0) is 35.9 Å². The predicted molar refractivity (Wildman–Crippen MR) is 102 cm³/mol. The zero-order valence-corrected chi connectivity index (χ0v) is 14.4. The lowest BCUT2D eigenvalue weighted by atomic mass is 10.0. The summed E-state index contributed by atoms with van der Waals surface area (Å²) in [5.74, 6) is -0.458. The van der Waals surface area contributed by atoms with Crippen molar-refractivity contribution in [3.63, 3.8) is 0 Å². The van der Waals surface area contributed by atoms with Gasteiger partial charge >= 0.3 is 0 Å². The van der Waals surface area contributed by atoms with E-state index in [4.69, 9.17) is 15.9 Å². The van der Waals surface area contributed by atoms with Gasteiger partial charge in [0, 0.05) is 12.2 Å². The molecule has 4 N–H and O–H groups in total. The Labute approximate surface area is 151 Å². The van der Waals surface area contributed by atoms with Crippen molar-refractivity contribution in [3.05, 3.63) is 77.6 Å². The summed E-state index contributed by atoms with van der Waals surface area (Å²) in [6, 6.07) is 8.97. The zero-order chi connectivity index (χ0) is 19.1. The molecule has 0 aromatic heterocycles. The van der Waals surface area contributed by atoms with Crippen molar-refractivity contribution in [2.75, 3.05) is 19.4 Å². The summed E-state index contributed by atoms with van der Waals surface area (Å²) in [5.41, 5.74) is 7.71. The quantitative estimate of drug-likeness (QED) is 0.405. The van der Waals surface area contributed by atoms with Gasteiger partial charge in [-0.2, -0.15) is 0 Å². The van der Waals surface area contributed by atoms with Crippen molar-refractivity contribution >= 4 is 23.4 Å². The lowest BCUT2D eigenvalue weighted by molar-refractivity contribution is 0.0955. The molecule has 0 heterocycles. The van der Waals surface area contributed by atoms with Crippen molar-refractivity contribution in [1.29, 1.82) is 5.41 Å². The molecule has 0 aliphatic carbocycles. The number of carbonyl (C=O) groups excluding carboxylic acids is 1. The van der Waals surface area contributed by atoms with E-state index >= 15 is 0 Å². The summed E-state index contributed by atoms with van der Waals surface area (Å²) in [6.45, 7) is 3.86. The molecule has 134 valence electrons. The molecule has 26 heavy (non-hydrogen) atoms. The molecule has 6 heteroatoms. The Kier molecular flexibility index (Phi) is 6.27. The molecule has 2 rings (SSSR count). The van der Waals surface area contributed by atoms with Gasteiger partial charge in [-0.25, -0.2) is 4.39 Å². The van der Waals surface area contributed by atoms with Gasteiger partial charge in [0.05, 0.1) is 23.9 Å². The zero-order valence-electron chi connectivity index (χ0n) is 14.4. The number of anilines is 1. The first-order chi connectivity index (χ1) is 12.5. The van der Waals surface area contributed by atoms with Crippen LogP contribution in [0.1, 0.15) is 21.5 Å². The molecule has 2 aromatic rings. The van der Waals surface area contributed by atoms with E-state index in [1.165, 1.54) is 25.3 Å². The second-order valence-corrected chi connectivity index (χ2v) is 5.41. The number of hydrogen-bond acceptors (Lipinski definition) is 4. The fourth-order valence-corrected chi connectivity index (χ4v) is 2.36. The van der Waals surface area contributed by atoms with Gasteiger partial charge in [0.1, 0.15) is 11.6 Å². The summed E-state index contributed by atoms with van der Waals surface area (Å²) in [4.78, 5) is 12.3. The summed E-state index contributed by atoms with van der Waals surface area (Å²) >= 11 is 0. The van der Waals surface area contributed by atoms with Gasteiger partial charge < -0.3 is 21.2 Å². The number of rotatable bonds is 7. The molecule has 0 bridgehead atoms. The van der Waals surface area contributed by atoms with Gasteiger partial charge in [-0.3, -0.25) is 4.79 Å². The summed E-state index contributed by atoms with van der Waals surface area (Å²) in [6.07, 6.45) is 4.74. The Morgan fingerprint density at radius 3 is 2.62 bits per heavy atom. The number of allylic oxidation sites excluding steroid dienone is 1. The van der Waals surface area contributed by atoms with Gasteiger partial charge in [0.15, 0.2) is 0 Å². The highest BCUT2D eigenvalue weighted by Crippen LogP contribution is 2.30. The van der Waals surface area contributed by atoms with E-state index in [0.29, 0.717) is 17.8 Å². The van der Waals surface area contributed by atoms with Crippen LogP contribution in [-0.2, 0) is 0 Å². The largest absolute Gasteiger partial charge is 0.495 e. The third-order valence-electron chi connectivity index (χ3n) is 3.63. The number of nitrogens with one attached hydrogen (secondary N) is 2. The van der Waals surface area contributed by atoms with Crippen LogP contribution in [0.25, 0.3) is 6.08 Å². The van der Waals surface area contributed by atoms with Crippen molar-refractivity contribution < 1.29 is 13.9 Å². The Morgan fingerprint density at radius 2 is 2.00 bits per heavy atom. The topological polar surface area (TPSA) is 88.2 Å². The van der Waals surface area contributed by atoms with Gasteiger partial charge in [0.2, 0.25) is 0 Å². The Hall–Kier alpha value is -3.41. The van der Waals surface area contributed by atoms with Crippen LogP contribution in [-0.4, -0.2) is 25.3 Å². The molecular formula is C20H20FN3O2. The average Bonchev–Trinajstić information content (AvgIpc) is 2.64. The highest BCUT2D eigenvalue weighted by Gasteiger charge is 2.19. The number of nitrogen functional groups attached to an aromatic ring is 1. The smallest absolute Gasteiger partial charge is 0.255 e. The number of nitrogens with two attached hydrogens (primary N) is 1. The molecular weight excluding hydrogens is 333 g/mol. The summed E-state index contributed by atoms with van der Waals surface area (Å²) in [5, 5.41) is 11.0.